The minimum atomic E-state index is 0.500. The van der Waals surface area contributed by atoms with Crippen molar-refractivity contribution < 1.29 is 0 Å². The number of hydrogen-bond donors (Lipinski definition) is 0. The van der Waals surface area contributed by atoms with E-state index in [1.807, 2.05) is 41.5 Å². The van der Waals surface area contributed by atoms with Crippen LogP contribution in [0.15, 0.2) is 0 Å². The third-order valence-electron chi connectivity index (χ3n) is 1.000. The monoisotopic (exact) mass is 262 g/mol. The van der Waals surface area contributed by atoms with E-state index < -0.39 is 0 Å². The Morgan fingerprint density at radius 2 is 0.611 bits per heavy atom. The van der Waals surface area contributed by atoms with Crippen LogP contribution in [0.25, 0.3) is 0 Å². The van der Waals surface area contributed by atoms with Gasteiger partial charge < -0.3 is 0 Å². The summed E-state index contributed by atoms with van der Waals surface area (Å²) >= 11 is 0. The smallest absolute Gasteiger partial charge is 0.0411 e. The van der Waals surface area contributed by atoms with E-state index in [1.165, 1.54) is 32.1 Å². The van der Waals surface area contributed by atoms with Gasteiger partial charge in [0.2, 0.25) is 0 Å². The van der Waals surface area contributed by atoms with Crippen molar-refractivity contribution in [1.29, 1.82) is 0 Å². The summed E-state index contributed by atoms with van der Waals surface area (Å²) in [6, 6.07) is 0. The average Bonchev–Trinajstić information content (AvgIpc) is 2.22. The minimum absolute atomic E-state index is 0.500. The second-order valence-electron chi connectivity index (χ2n) is 5.12. The molecule has 0 aromatic heterocycles. The second-order valence-corrected chi connectivity index (χ2v) is 5.12. The zero-order chi connectivity index (χ0) is 16.0. The summed E-state index contributed by atoms with van der Waals surface area (Å²) in [5, 5.41) is 0. The largest absolute Gasteiger partial charge is 0.0683 e. The molecule has 0 N–H and O–H groups in total. The minimum Gasteiger partial charge on any atom is -0.0683 e. The lowest BCUT2D eigenvalue weighted by Gasteiger charge is -2.05. The Kier molecular flexibility index (Phi) is 61.5. The first-order valence-electron chi connectivity index (χ1n) is 8.41. The van der Waals surface area contributed by atoms with Gasteiger partial charge in [-0.15, -0.1) is 0 Å². The molecule has 0 amide bonds. The highest BCUT2D eigenvalue weighted by atomic mass is 14.0. The van der Waals surface area contributed by atoms with E-state index in [4.69, 9.17) is 0 Å². The summed E-state index contributed by atoms with van der Waals surface area (Å²) < 4.78 is 0. The number of rotatable bonds is 0. The molecular weight excluding hydrogens is 216 g/mol. The Bertz CT molecular complexity index is 52.6. The van der Waals surface area contributed by atoms with Crippen LogP contribution < -0.4 is 0 Å². The quantitative estimate of drug-likeness (QED) is 0.413. The topological polar surface area (TPSA) is 0 Å². The van der Waals surface area contributed by atoms with E-state index in [-0.39, 0.29) is 0 Å². The SMILES string of the molecule is C1CCC1.CC.CC.CC.CC(C)(C)C.CCC. The van der Waals surface area contributed by atoms with Gasteiger partial charge in [-0.2, -0.15) is 0 Å². The zero-order valence-electron chi connectivity index (χ0n) is 16.0. The second kappa shape index (κ2) is 36.0. The Labute approximate surface area is 121 Å². The van der Waals surface area contributed by atoms with Gasteiger partial charge in [0.05, 0.1) is 0 Å². The first-order valence-corrected chi connectivity index (χ1v) is 8.41. The van der Waals surface area contributed by atoms with E-state index in [1.54, 1.807) is 0 Å². The molecule has 1 saturated carbocycles. The third kappa shape index (κ3) is 225. The van der Waals surface area contributed by atoms with Gasteiger partial charge in [-0.25, -0.2) is 0 Å². The summed E-state index contributed by atoms with van der Waals surface area (Å²) in [6.45, 7) is 25.0. The Hall–Kier alpha value is 0. The highest BCUT2D eigenvalue weighted by Crippen LogP contribution is 2.15. The van der Waals surface area contributed by atoms with Crippen LogP contribution in [0.5, 0.6) is 0 Å². The lowest BCUT2D eigenvalue weighted by Crippen LogP contribution is -1.93. The van der Waals surface area contributed by atoms with Crippen molar-refractivity contribution in [2.24, 2.45) is 5.41 Å². The first-order chi connectivity index (χ1) is 8.41. The van der Waals surface area contributed by atoms with Crippen LogP contribution in [0.2, 0.25) is 0 Å². The van der Waals surface area contributed by atoms with Crippen LogP contribution in [0.3, 0.4) is 0 Å². The van der Waals surface area contributed by atoms with E-state index in [0.29, 0.717) is 5.41 Å². The van der Waals surface area contributed by atoms with Crippen LogP contribution in [-0.4, -0.2) is 0 Å². The van der Waals surface area contributed by atoms with Gasteiger partial charge in [0.25, 0.3) is 0 Å². The molecule has 1 aliphatic carbocycles. The molecule has 0 heterocycles. The van der Waals surface area contributed by atoms with Gasteiger partial charge in [0.1, 0.15) is 0 Å². The summed E-state index contributed by atoms with van der Waals surface area (Å²) in [5.41, 5.74) is 0.500. The molecule has 0 spiro atoms. The maximum Gasteiger partial charge on any atom is -0.0411 e. The van der Waals surface area contributed by atoms with Crippen LogP contribution in [0.1, 0.15) is 115 Å². The predicted molar refractivity (Wildman–Crippen MR) is 93.6 cm³/mol. The standard InChI is InChI=1S/C5H12.C4H8.C3H8.3C2H6/c1-5(2,3)4;1-2-4-3-1;1-3-2;3*1-2/h1-4H3;1-4H2;3H2,1-2H3;3*1-2H3. The summed E-state index contributed by atoms with van der Waals surface area (Å²) in [7, 11) is 0. The molecule has 18 heavy (non-hydrogen) atoms. The summed E-state index contributed by atoms with van der Waals surface area (Å²) in [5.74, 6) is 0. The van der Waals surface area contributed by atoms with Gasteiger partial charge in [-0.3, -0.25) is 0 Å². The maximum absolute atomic E-state index is 2.19. The van der Waals surface area contributed by atoms with E-state index in [2.05, 4.69) is 41.5 Å². The molecule has 0 aromatic carbocycles. The molecule has 0 aliphatic heterocycles. The molecule has 1 rings (SSSR count). The van der Waals surface area contributed by atoms with Gasteiger partial charge in [0, 0.05) is 0 Å². The predicted octanol–water partition coefficient (Wildman–Crippen LogP) is 8.11. The zero-order valence-corrected chi connectivity index (χ0v) is 16.0. The van der Waals surface area contributed by atoms with Crippen LogP contribution in [0, 0.1) is 5.41 Å². The normalized spacial score (nSPS) is 10.7. The molecule has 0 unspecified atom stereocenters. The van der Waals surface area contributed by atoms with Crippen molar-refractivity contribution >= 4 is 0 Å². The first kappa shape index (κ1) is 30.8. The number of hydrogen-bond acceptors (Lipinski definition) is 0. The highest BCUT2D eigenvalue weighted by Gasteiger charge is 1.95. The van der Waals surface area contributed by atoms with Gasteiger partial charge in [-0.05, 0) is 5.41 Å². The Morgan fingerprint density at radius 1 is 0.556 bits per heavy atom. The molecule has 0 nitrogen and oxygen atoms in total. The van der Waals surface area contributed by atoms with Crippen LogP contribution in [0.4, 0.5) is 0 Å². The van der Waals surface area contributed by atoms with E-state index >= 15 is 0 Å². The van der Waals surface area contributed by atoms with Gasteiger partial charge in [-0.1, -0.05) is 115 Å². The molecular formula is C18H46. The fourth-order valence-corrected chi connectivity index (χ4v) is 0.250. The molecule has 0 atom stereocenters. The Morgan fingerprint density at radius 3 is 0.611 bits per heavy atom. The van der Waals surface area contributed by atoms with Crippen molar-refractivity contribution in [2.45, 2.75) is 115 Å². The van der Waals surface area contributed by atoms with Crippen LogP contribution >= 0.6 is 0 Å². The molecule has 0 radical (unpaired) electrons. The molecule has 1 fully saturated rings. The fourth-order valence-electron chi connectivity index (χ4n) is 0.250. The van der Waals surface area contributed by atoms with Crippen molar-refractivity contribution in [1.82, 2.24) is 0 Å². The van der Waals surface area contributed by atoms with Crippen molar-refractivity contribution in [3.63, 3.8) is 0 Å². The lowest BCUT2D eigenvalue weighted by atomic mass is 10.0. The molecule has 0 bridgehead atoms. The van der Waals surface area contributed by atoms with Gasteiger partial charge >= 0.3 is 0 Å². The molecule has 0 saturated heterocycles. The van der Waals surface area contributed by atoms with E-state index in [9.17, 15) is 0 Å². The summed E-state index contributed by atoms with van der Waals surface area (Å²) in [6.07, 6.45) is 7.25. The van der Waals surface area contributed by atoms with Crippen molar-refractivity contribution in [3.05, 3.63) is 0 Å². The van der Waals surface area contributed by atoms with Crippen LogP contribution in [-0.2, 0) is 0 Å². The van der Waals surface area contributed by atoms with E-state index in [0.717, 1.165) is 0 Å². The average molecular weight is 263 g/mol. The highest BCUT2D eigenvalue weighted by molar-refractivity contribution is 4.50. The lowest BCUT2D eigenvalue weighted by molar-refractivity contribution is 0.469. The Balaban J connectivity index is -0.0000000396. The molecule has 118 valence electrons. The maximum atomic E-state index is 2.19. The summed E-state index contributed by atoms with van der Waals surface area (Å²) in [4.78, 5) is 0. The van der Waals surface area contributed by atoms with Crippen molar-refractivity contribution in [2.75, 3.05) is 0 Å². The molecule has 1 aliphatic rings. The van der Waals surface area contributed by atoms with Gasteiger partial charge in [0.15, 0.2) is 0 Å². The fraction of sp³-hybridized carbons (Fsp3) is 1.00. The third-order valence-corrected chi connectivity index (χ3v) is 1.000. The molecule has 0 heteroatoms. The van der Waals surface area contributed by atoms with Crippen molar-refractivity contribution in [3.8, 4) is 0 Å². The molecule has 0 aromatic rings.